The van der Waals surface area contributed by atoms with Crippen molar-refractivity contribution in [2.45, 2.75) is 58.2 Å². The second kappa shape index (κ2) is 7.81. The third-order valence-corrected chi connectivity index (χ3v) is 4.58. The van der Waals surface area contributed by atoms with Gasteiger partial charge in [0.1, 0.15) is 11.9 Å². The van der Waals surface area contributed by atoms with Crippen molar-refractivity contribution in [2.24, 2.45) is 5.92 Å². The molecule has 1 aliphatic carbocycles. The molecule has 21 heavy (non-hydrogen) atoms. The minimum absolute atomic E-state index is 0.300. The average Bonchev–Trinajstić information content (AvgIpc) is 2.52. The highest BCUT2D eigenvalue weighted by Gasteiger charge is 2.25. The van der Waals surface area contributed by atoms with E-state index < -0.39 is 6.10 Å². The van der Waals surface area contributed by atoms with Gasteiger partial charge in [0.15, 0.2) is 0 Å². The molecule has 0 saturated heterocycles. The predicted molar refractivity (Wildman–Crippen MR) is 84.7 cm³/mol. The van der Waals surface area contributed by atoms with E-state index in [9.17, 15) is 5.11 Å². The Labute approximate surface area is 128 Å². The average molecular weight is 292 g/mol. The van der Waals surface area contributed by atoms with Crippen molar-refractivity contribution in [3.05, 3.63) is 29.3 Å². The molecule has 0 radical (unpaired) electrons. The van der Waals surface area contributed by atoms with Crippen LogP contribution in [0, 0.1) is 12.8 Å². The quantitative estimate of drug-likeness (QED) is 0.860. The van der Waals surface area contributed by atoms with Gasteiger partial charge < -0.3 is 14.6 Å². The van der Waals surface area contributed by atoms with Crippen LogP contribution in [0.5, 0.6) is 5.75 Å². The Morgan fingerprint density at radius 2 is 2.05 bits per heavy atom. The van der Waals surface area contributed by atoms with Crippen molar-refractivity contribution in [3.8, 4) is 5.75 Å². The first-order valence-electron chi connectivity index (χ1n) is 8.10. The summed E-state index contributed by atoms with van der Waals surface area (Å²) in [6.07, 6.45) is 5.77. The topological polar surface area (TPSA) is 38.7 Å². The van der Waals surface area contributed by atoms with Crippen molar-refractivity contribution < 1.29 is 14.6 Å². The molecule has 3 heteroatoms. The van der Waals surface area contributed by atoms with Crippen molar-refractivity contribution in [3.63, 3.8) is 0 Å². The van der Waals surface area contributed by atoms with Crippen LogP contribution in [0.15, 0.2) is 18.2 Å². The second-order valence-electron chi connectivity index (χ2n) is 6.09. The van der Waals surface area contributed by atoms with Crippen molar-refractivity contribution >= 4 is 0 Å². The number of aliphatic hydroxyl groups is 1. The molecule has 1 aliphatic rings. The van der Waals surface area contributed by atoms with Gasteiger partial charge in [-0.05, 0) is 37.8 Å². The lowest BCUT2D eigenvalue weighted by Gasteiger charge is -2.31. The molecular formula is C18H28O3. The van der Waals surface area contributed by atoms with Gasteiger partial charge in [0, 0.05) is 5.56 Å². The van der Waals surface area contributed by atoms with Gasteiger partial charge in [-0.25, -0.2) is 0 Å². The summed E-state index contributed by atoms with van der Waals surface area (Å²) in [6, 6.07) is 5.87. The van der Waals surface area contributed by atoms with Gasteiger partial charge in [0.2, 0.25) is 0 Å². The molecule has 0 spiro atoms. The Morgan fingerprint density at radius 3 is 2.76 bits per heavy atom. The van der Waals surface area contributed by atoms with Crippen LogP contribution in [0.1, 0.15) is 56.3 Å². The lowest BCUT2D eigenvalue weighted by Crippen LogP contribution is -2.29. The van der Waals surface area contributed by atoms with Crippen LogP contribution in [0.25, 0.3) is 0 Å². The Kier molecular flexibility index (Phi) is 6.07. The number of rotatable bonds is 6. The first kappa shape index (κ1) is 16.3. The highest BCUT2D eigenvalue weighted by Crippen LogP contribution is 2.31. The van der Waals surface area contributed by atoms with Crippen LogP contribution in [0.4, 0.5) is 0 Å². The molecule has 0 heterocycles. The fourth-order valence-corrected chi connectivity index (χ4v) is 3.28. The third kappa shape index (κ3) is 4.21. The van der Waals surface area contributed by atoms with Crippen LogP contribution in [-0.4, -0.2) is 24.9 Å². The van der Waals surface area contributed by atoms with Crippen LogP contribution >= 0.6 is 0 Å². The molecule has 0 aliphatic heterocycles. The largest absolute Gasteiger partial charge is 0.496 e. The van der Waals surface area contributed by atoms with E-state index in [4.69, 9.17) is 9.47 Å². The summed E-state index contributed by atoms with van der Waals surface area (Å²) < 4.78 is 11.4. The zero-order valence-corrected chi connectivity index (χ0v) is 13.5. The van der Waals surface area contributed by atoms with Gasteiger partial charge in [-0.15, -0.1) is 0 Å². The maximum Gasteiger partial charge on any atom is 0.124 e. The van der Waals surface area contributed by atoms with E-state index in [0.717, 1.165) is 29.7 Å². The standard InChI is InChI=1S/C18H28O3/c1-4-14-7-5-6-8-17(14)21-12-16(19)15-11-13(2)9-10-18(15)20-3/h9-11,14,16-17,19H,4-8,12H2,1-3H3. The zero-order chi connectivity index (χ0) is 15.2. The van der Waals surface area contributed by atoms with Gasteiger partial charge in [0.05, 0.1) is 19.8 Å². The summed E-state index contributed by atoms with van der Waals surface area (Å²) in [5.74, 6) is 1.37. The summed E-state index contributed by atoms with van der Waals surface area (Å²) in [5.41, 5.74) is 1.94. The van der Waals surface area contributed by atoms with E-state index >= 15 is 0 Å². The first-order valence-corrected chi connectivity index (χ1v) is 8.10. The monoisotopic (exact) mass is 292 g/mol. The van der Waals surface area contributed by atoms with Gasteiger partial charge in [0.25, 0.3) is 0 Å². The van der Waals surface area contributed by atoms with Crippen molar-refractivity contribution in [2.75, 3.05) is 13.7 Å². The second-order valence-corrected chi connectivity index (χ2v) is 6.09. The molecule has 1 N–H and O–H groups in total. The van der Waals surface area contributed by atoms with Crippen LogP contribution < -0.4 is 4.74 Å². The number of benzene rings is 1. The molecule has 0 aromatic heterocycles. The molecule has 1 saturated carbocycles. The molecule has 3 nitrogen and oxygen atoms in total. The lowest BCUT2D eigenvalue weighted by molar-refractivity contribution is -0.0519. The molecule has 1 fully saturated rings. The molecule has 1 aromatic carbocycles. The molecule has 118 valence electrons. The van der Waals surface area contributed by atoms with E-state index in [0.29, 0.717) is 18.6 Å². The van der Waals surface area contributed by atoms with E-state index in [-0.39, 0.29) is 0 Å². The fourth-order valence-electron chi connectivity index (χ4n) is 3.28. The highest BCUT2D eigenvalue weighted by molar-refractivity contribution is 5.38. The van der Waals surface area contributed by atoms with Crippen molar-refractivity contribution in [1.82, 2.24) is 0 Å². The first-order chi connectivity index (χ1) is 10.2. The van der Waals surface area contributed by atoms with Gasteiger partial charge in [-0.1, -0.05) is 37.8 Å². The fraction of sp³-hybridized carbons (Fsp3) is 0.667. The minimum atomic E-state index is -0.626. The maximum absolute atomic E-state index is 10.4. The van der Waals surface area contributed by atoms with Gasteiger partial charge >= 0.3 is 0 Å². The van der Waals surface area contributed by atoms with E-state index in [1.165, 1.54) is 19.3 Å². The summed E-state index contributed by atoms with van der Waals surface area (Å²) in [5, 5.41) is 10.4. The minimum Gasteiger partial charge on any atom is -0.496 e. The van der Waals surface area contributed by atoms with Gasteiger partial charge in [-0.2, -0.15) is 0 Å². The number of hydrogen-bond donors (Lipinski definition) is 1. The molecule has 0 amide bonds. The summed E-state index contributed by atoms with van der Waals surface area (Å²) in [6.45, 7) is 4.60. The Bertz CT molecular complexity index is 444. The number of aryl methyl sites for hydroxylation is 1. The summed E-state index contributed by atoms with van der Waals surface area (Å²) >= 11 is 0. The van der Waals surface area contributed by atoms with Crippen LogP contribution in [0.3, 0.4) is 0 Å². The maximum atomic E-state index is 10.4. The Balaban J connectivity index is 1.97. The number of aliphatic hydroxyl groups excluding tert-OH is 1. The van der Waals surface area contributed by atoms with Crippen LogP contribution in [0.2, 0.25) is 0 Å². The number of ether oxygens (including phenoxy) is 2. The normalized spacial score (nSPS) is 23.8. The van der Waals surface area contributed by atoms with Crippen molar-refractivity contribution in [1.29, 1.82) is 0 Å². The highest BCUT2D eigenvalue weighted by atomic mass is 16.5. The molecule has 0 bridgehead atoms. The lowest BCUT2D eigenvalue weighted by atomic mass is 9.85. The predicted octanol–water partition coefficient (Wildman–Crippen LogP) is 4.02. The van der Waals surface area contributed by atoms with E-state index in [1.54, 1.807) is 7.11 Å². The third-order valence-electron chi connectivity index (χ3n) is 4.58. The van der Waals surface area contributed by atoms with E-state index in [2.05, 4.69) is 6.92 Å². The Morgan fingerprint density at radius 1 is 1.29 bits per heavy atom. The molecule has 2 rings (SSSR count). The molecule has 1 aromatic rings. The number of methoxy groups -OCH3 is 1. The van der Waals surface area contributed by atoms with E-state index in [1.807, 2.05) is 25.1 Å². The molecule has 3 unspecified atom stereocenters. The Hall–Kier alpha value is -1.06. The molecular weight excluding hydrogens is 264 g/mol. The zero-order valence-electron chi connectivity index (χ0n) is 13.5. The smallest absolute Gasteiger partial charge is 0.124 e. The number of hydrogen-bond acceptors (Lipinski definition) is 3. The van der Waals surface area contributed by atoms with Crippen LogP contribution in [-0.2, 0) is 4.74 Å². The summed E-state index contributed by atoms with van der Waals surface area (Å²) in [7, 11) is 1.63. The molecule has 3 atom stereocenters. The SMILES string of the molecule is CCC1CCCCC1OCC(O)c1cc(C)ccc1OC. The van der Waals surface area contributed by atoms with Gasteiger partial charge in [-0.3, -0.25) is 0 Å². The summed E-state index contributed by atoms with van der Waals surface area (Å²) in [4.78, 5) is 0.